The zero-order valence-electron chi connectivity index (χ0n) is 36.0. The Hall–Kier alpha value is -6.44. The summed E-state index contributed by atoms with van der Waals surface area (Å²) in [5.41, 5.74) is 14.2. The molecule has 5 aromatic carbocycles. The van der Waals surface area contributed by atoms with Crippen molar-refractivity contribution in [2.75, 3.05) is 31.4 Å². The molecule has 346 valence electrons. The van der Waals surface area contributed by atoms with Gasteiger partial charge in [0.25, 0.3) is 0 Å². The number of carbonyl (C=O) groups excluding carboxylic acids is 1. The lowest BCUT2D eigenvalue weighted by Crippen LogP contribution is -2.21. The zero-order chi connectivity index (χ0) is 46.8. The van der Waals surface area contributed by atoms with E-state index in [1.807, 2.05) is 0 Å². The third-order valence-electron chi connectivity index (χ3n) is 10.7. The van der Waals surface area contributed by atoms with E-state index in [1.165, 1.54) is 91.0 Å². The molecule has 0 heterocycles. The van der Waals surface area contributed by atoms with E-state index in [9.17, 15) is 23.5 Å². The largest absolute Gasteiger partial charge is 0.478 e. The van der Waals surface area contributed by atoms with Crippen LogP contribution in [0.15, 0.2) is 115 Å². The Labute approximate surface area is 375 Å². The second-order valence-electron chi connectivity index (χ2n) is 15.6. The van der Waals surface area contributed by atoms with Gasteiger partial charge in [0.2, 0.25) is 0 Å². The molecule has 0 atom stereocenters. The van der Waals surface area contributed by atoms with Gasteiger partial charge in [-0.2, -0.15) is 17.6 Å². The molecule has 14 heteroatoms. The summed E-state index contributed by atoms with van der Waals surface area (Å²) in [6.45, 7) is -0.886. The van der Waals surface area contributed by atoms with Gasteiger partial charge in [-0.15, -0.1) is 0 Å². The molecular formula is C51H54F6N2O6. The molecule has 0 aromatic heterocycles. The molecule has 0 saturated carbocycles. The number of aliphatic carboxylic acids is 1. The molecule has 65 heavy (non-hydrogen) atoms. The van der Waals surface area contributed by atoms with Crippen molar-refractivity contribution in [3.8, 4) is 11.5 Å². The number of nitrogens with two attached hydrogens (primary N) is 2. The van der Waals surface area contributed by atoms with Gasteiger partial charge in [-0.05, 0) is 152 Å². The number of aryl methyl sites for hydroxylation is 2. The van der Waals surface area contributed by atoms with Crippen LogP contribution < -0.4 is 20.9 Å². The number of carboxylic acid groups (broad SMARTS) is 1. The van der Waals surface area contributed by atoms with Crippen molar-refractivity contribution in [3.05, 3.63) is 154 Å². The van der Waals surface area contributed by atoms with Gasteiger partial charge in [0.1, 0.15) is 11.5 Å². The Bertz CT molecular complexity index is 2320. The number of anilines is 2. The number of carbonyl (C=O) groups is 2. The van der Waals surface area contributed by atoms with Gasteiger partial charge < -0.3 is 30.8 Å². The average Bonchev–Trinajstić information content (AvgIpc) is 3.28. The smallest absolute Gasteiger partial charge is 0.426 e. The first-order valence-corrected chi connectivity index (χ1v) is 21.6. The Morgan fingerprint density at radius 2 is 1.02 bits per heavy atom. The molecule has 5 N–H and O–H groups in total. The summed E-state index contributed by atoms with van der Waals surface area (Å²) < 4.78 is 101. The Kier molecular flexibility index (Phi) is 18.3. The van der Waals surface area contributed by atoms with E-state index in [0.717, 1.165) is 49.7 Å². The van der Waals surface area contributed by atoms with Crippen molar-refractivity contribution < 1.29 is 55.2 Å². The number of rotatable bonds is 26. The van der Waals surface area contributed by atoms with Gasteiger partial charge in [-0.1, -0.05) is 62.1 Å². The number of benzene rings is 5. The number of nitrogen functional groups attached to an aromatic ring is 2. The highest BCUT2D eigenvalue weighted by Crippen LogP contribution is 2.37. The molecule has 8 nitrogen and oxygen atoms in total. The van der Waals surface area contributed by atoms with Gasteiger partial charge in [-0.3, -0.25) is 8.78 Å². The Morgan fingerprint density at radius 1 is 0.554 bits per heavy atom. The van der Waals surface area contributed by atoms with E-state index in [4.69, 9.17) is 25.7 Å². The standard InChI is InChI=1S/C51H54F6N2O6/c52-31-7-3-1-5-10-35-13-21-39(22-14-35)50(54,55)64-42-26-17-37(18-27-42)44(47(48(60)61)45-30-25-41(58)34-46(45)59)12-9-33-63-49(62)38-19-28-43(29-20-38)65-51(56,57)40-23-15-36(16-24-40)11-6-2-4-8-32-53/h13-30,34H,1-12,31-33,58-59H2,(H,60,61). The molecule has 0 bridgehead atoms. The molecule has 5 rings (SSSR count). The van der Waals surface area contributed by atoms with Gasteiger partial charge in [0, 0.05) is 16.9 Å². The summed E-state index contributed by atoms with van der Waals surface area (Å²) in [4.78, 5) is 25.8. The quantitative estimate of drug-likeness (QED) is 0.0125. The van der Waals surface area contributed by atoms with Gasteiger partial charge in [0.05, 0.1) is 42.2 Å². The van der Waals surface area contributed by atoms with Crippen LogP contribution in [0.2, 0.25) is 0 Å². The average molecular weight is 905 g/mol. The molecule has 0 aliphatic carbocycles. The highest BCUT2D eigenvalue weighted by atomic mass is 19.3. The number of hydrogen-bond acceptors (Lipinski definition) is 7. The van der Waals surface area contributed by atoms with Crippen LogP contribution in [0.25, 0.3) is 11.1 Å². The van der Waals surface area contributed by atoms with Gasteiger partial charge >= 0.3 is 24.2 Å². The molecule has 0 radical (unpaired) electrons. The maximum absolute atomic E-state index is 15.3. The highest BCUT2D eigenvalue weighted by Gasteiger charge is 2.35. The number of esters is 1. The molecule has 0 fully saturated rings. The van der Waals surface area contributed by atoms with E-state index >= 15 is 17.6 Å². The number of hydrogen-bond donors (Lipinski definition) is 3. The lowest BCUT2D eigenvalue weighted by Gasteiger charge is -2.20. The third-order valence-corrected chi connectivity index (χ3v) is 10.7. The summed E-state index contributed by atoms with van der Waals surface area (Å²) in [6, 6.07) is 26.4. The van der Waals surface area contributed by atoms with Crippen LogP contribution in [-0.4, -0.2) is 37.0 Å². The Balaban J connectivity index is 1.22. The van der Waals surface area contributed by atoms with E-state index in [0.29, 0.717) is 36.9 Å². The molecule has 0 aliphatic heterocycles. The minimum atomic E-state index is -3.70. The maximum Gasteiger partial charge on any atom is 0.426 e. The van der Waals surface area contributed by atoms with Crippen molar-refractivity contribution in [2.24, 2.45) is 0 Å². The molecule has 0 aliphatic rings. The fourth-order valence-electron chi connectivity index (χ4n) is 7.21. The molecular weight excluding hydrogens is 851 g/mol. The van der Waals surface area contributed by atoms with E-state index in [-0.39, 0.29) is 83.4 Å². The van der Waals surface area contributed by atoms with Gasteiger partial charge in [0.15, 0.2) is 0 Å². The summed E-state index contributed by atoms with van der Waals surface area (Å²) >= 11 is 0. The fourth-order valence-corrected chi connectivity index (χ4v) is 7.21. The minimum Gasteiger partial charge on any atom is -0.478 e. The first-order chi connectivity index (χ1) is 31.2. The first-order valence-electron chi connectivity index (χ1n) is 21.6. The number of unbranched alkanes of at least 4 members (excludes halogenated alkanes) is 6. The number of alkyl halides is 6. The maximum atomic E-state index is 15.3. The molecule has 0 saturated heterocycles. The number of ether oxygens (including phenoxy) is 3. The topological polar surface area (TPSA) is 134 Å². The van der Waals surface area contributed by atoms with Crippen molar-refractivity contribution in [2.45, 2.75) is 89.3 Å². The summed E-state index contributed by atoms with van der Waals surface area (Å²) in [7, 11) is 0. The van der Waals surface area contributed by atoms with E-state index < -0.39 is 24.2 Å². The molecule has 0 spiro atoms. The van der Waals surface area contributed by atoms with Crippen LogP contribution in [0, 0.1) is 0 Å². The Morgan fingerprint density at radius 3 is 1.46 bits per heavy atom. The summed E-state index contributed by atoms with van der Waals surface area (Å²) in [6.07, 6.45) is 0.0729. The predicted molar refractivity (Wildman–Crippen MR) is 240 cm³/mol. The summed E-state index contributed by atoms with van der Waals surface area (Å²) in [5, 5.41) is 10.5. The molecule has 0 amide bonds. The van der Waals surface area contributed by atoms with E-state index in [2.05, 4.69) is 0 Å². The normalized spacial score (nSPS) is 12.1. The second-order valence-corrected chi connectivity index (χ2v) is 15.6. The lowest BCUT2D eigenvalue weighted by molar-refractivity contribution is -0.186. The van der Waals surface area contributed by atoms with Crippen molar-refractivity contribution in [1.82, 2.24) is 0 Å². The predicted octanol–water partition coefficient (Wildman–Crippen LogP) is 12.9. The zero-order valence-corrected chi connectivity index (χ0v) is 36.0. The fraction of sp³-hybridized carbons (Fsp3) is 0.333. The van der Waals surface area contributed by atoms with Crippen molar-refractivity contribution in [3.63, 3.8) is 0 Å². The van der Waals surface area contributed by atoms with Crippen LogP contribution in [0.4, 0.5) is 37.7 Å². The molecule has 0 unspecified atom stereocenters. The SMILES string of the molecule is Nc1ccc(C(C(=O)O)=C(CCCOC(=O)c2ccc(OC(F)(F)c3ccc(CCCCCCF)cc3)cc2)c2ccc(OC(F)(F)c3ccc(CCCCCCF)cc3)cc2)c(N)c1. The van der Waals surface area contributed by atoms with Crippen LogP contribution in [0.5, 0.6) is 11.5 Å². The minimum absolute atomic E-state index is 0.0284. The monoisotopic (exact) mass is 904 g/mol. The van der Waals surface area contributed by atoms with Gasteiger partial charge in [-0.25, -0.2) is 9.59 Å². The van der Waals surface area contributed by atoms with Crippen molar-refractivity contribution in [1.29, 1.82) is 0 Å². The lowest BCUT2D eigenvalue weighted by atomic mass is 9.90. The van der Waals surface area contributed by atoms with Crippen LogP contribution in [0.3, 0.4) is 0 Å². The highest BCUT2D eigenvalue weighted by molar-refractivity contribution is 6.25. The second kappa shape index (κ2) is 24.0. The molecule has 5 aromatic rings. The van der Waals surface area contributed by atoms with E-state index in [1.54, 1.807) is 24.3 Å². The van der Waals surface area contributed by atoms with Crippen LogP contribution in [-0.2, 0) is 34.6 Å². The first kappa shape index (κ1) is 49.6. The number of halogens is 6. The number of carboxylic acids is 1. The number of allylic oxidation sites excluding steroid dienone is 1. The van der Waals surface area contributed by atoms with Crippen molar-refractivity contribution >= 4 is 34.5 Å². The van der Waals surface area contributed by atoms with Crippen LogP contribution >= 0.6 is 0 Å². The summed E-state index contributed by atoms with van der Waals surface area (Å²) in [5.74, 6) is -2.47. The van der Waals surface area contributed by atoms with Crippen LogP contribution in [0.1, 0.15) is 108 Å². The third kappa shape index (κ3) is 14.8.